The lowest BCUT2D eigenvalue weighted by atomic mass is 10.1. The maximum Gasteiger partial charge on any atom is 0.336 e. The van der Waals surface area contributed by atoms with Crippen LogP contribution in [-0.4, -0.2) is 31.7 Å². The SMILES string of the molecule is CCN(CC)S(=O)(=O)c1ccc(F)c(C(=O)Nc2ccc3oc(=O)ccc3c2)c1. The largest absolute Gasteiger partial charge is 0.423 e. The van der Waals surface area contributed by atoms with Crippen molar-refractivity contribution < 1.29 is 22.0 Å². The van der Waals surface area contributed by atoms with Crippen molar-refractivity contribution in [1.29, 1.82) is 0 Å². The lowest BCUT2D eigenvalue weighted by molar-refractivity contribution is 0.102. The number of anilines is 1. The second-order valence-corrected chi connectivity index (χ2v) is 8.13. The van der Waals surface area contributed by atoms with E-state index in [-0.39, 0.29) is 18.0 Å². The van der Waals surface area contributed by atoms with Gasteiger partial charge < -0.3 is 9.73 Å². The number of carbonyl (C=O) groups excluding carboxylic acids is 1. The number of nitrogens with one attached hydrogen (secondary N) is 1. The molecule has 9 heteroatoms. The molecular weight excluding hydrogens is 399 g/mol. The van der Waals surface area contributed by atoms with Crippen LogP contribution in [0.15, 0.2) is 62.6 Å². The lowest BCUT2D eigenvalue weighted by Gasteiger charge is -2.19. The van der Waals surface area contributed by atoms with Crippen LogP contribution >= 0.6 is 0 Å². The van der Waals surface area contributed by atoms with Gasteiger partial charge in [-0.2, -0.15) is 4.31 Å². The number of halogens is 1. The number of sulfonamides is 1. The van der Waals surface area contributed by atoms with Crippen molar-refractivity contribution in [2.45, 2.75) is 18.7 Å². The summed E-state index contributed by atoms with van der Waals surface area (Å²) < 4.78 is 45.8. The van der Waals surface area contributed by atoms with Gasteiger partial charge in [-0.15, -0.1) is 0 Å². The van der Waals surface area contributed by atoms with E-state index in [1.54, 1.807) is 19.9 Å². The van der Waals surface area contributed by atoms with Gasteiger partial charge in [0.15, 0.2) is 0 Å². The Kier molecular flexibility index (Phi) is 5.81. The molecule has 0 saturated carbocycles. The third-order valence-corrected chi connectivity index (χ3v) is 6.45. The summed E-state index contributed by atoms with van der Waals surface area (Å²) in [6.07, 6.45) is 0. The first kappa shape index (κ1) is 20.7. The zero-order chi connectivity index (χ0) is 21.2. The summed E-state index contributed by atoms with van der Waals surface area (Å²) in [4.78, 5) is 23.7. The maximum absolute atomic E-state index is 14.3. The molecule has 1 N–H and O–H groups in total. The number of fused-ring (bicyclic) bond motifs is 1. The van der Waals surface area contributed by atoms with Crippen LogP contribution in [0.25, 0.3) is 11.0 Å². The molecule has 0 atom stereocenters. The summed E-state index contributed by atoms with van der Waals surface area (Å²) in [5, 5.41) is 3.10. The minimum Gasteiger partial charge on any atom is -0.423 e. The highest BCUT2D eigenvalue weighted by molar-refractivity contribution is 7.89. The normalized spacial score (nSPS) is 11.7. The minimum absolute atomic E-state index is 0.159. The van der Waals surface area contributed by atoms with E-state index < -0.39 is 32.9 Å². The third kappa shape index (κ3) is 4.20. The highest BCUT2D eigenvalue weighted by Gasteiger charge is 2.24. The van der Waals surface area contributed by atoms with Crippen molar-refractivity contribution in [2.24, 2.45) is 0 Å². The van der Waals surface area contributed by atoms with E-state index in [9.17, 15) is 22.4 Å². The van der Waals surface area contributed by atoms with E-state index in [4.69, 9.17) is 4.42 Å². The fourth-order valence-corrected chi connectivity index (χ4v) is 4.38. The first-order valence-corrected chi connectivity index (χ1v) is 10.3. The van der Waals surface area contributed by atoms with Crippen LogP contribution in [0.5, 0.6) is 0 Å². The second kappa shape index (κ2) is 8.14. The molecule has 0 radical (unpaired) electrons. The molecule has 0 spiro atoms. The summed E-state index contributed by atoms with van der Waals surface area (Å²) in [5.74, 6) is -1.64. The Morgan fingerprint density at radius 1 is 1.07 bits per heavy atom. The van der Waals surface area contributed by atoms with Crippen molar-refractivity contribution >= 4 is 32.6 Å². The van der Waals surface area contributed by atoms with Gasteiger partial charge in [0.25, 0.3) is 5.91 Å². The molecule has 3 rings (SSSR count). The Labute approximate surface area is 166 Å². The zero-order valence-electron chi connectivity index (χ0n) is 15.8. The molecule has 7 nitrogen and oxygen atoms in total. The molecule has 1 heterocycles. The van der Waals surface area contributed by atoms with Gasteiger partial charge in [-0.3, -0.25) is 4.79 Å². The van der Waals surface area contributed by atoms with E-state index in [0.717, 1.165) is 18.2 Å². The van der Waals surface area contributed by atoms with E-state index in [1.807, 2.05) is 0 Å². The minimum atomic E-state index is -3.84. The number of hydrogen-bond donors (Lipinski definition) is 1. The number of carbonyl (C=O) groups is 1. The lowest BCUT2D eigenvalue weighted by Crippen LogP contribution is -2.31. The molecule has 0 unspecified atom stereocenters. The summed E-state index contributed by atoms with van der Waals surface area (Å²) >= 11 is 0. The highest BCUT2D eigenvalue weighted by Crippen LogP contribution is 2.22. The van der Waals surface area contributed by atoms with Crippen LogP contribution in [0.2, 0.25) is 0 Å². The monoisotopic (exact) mass is 418 g/mol. The van der Waals surface area contributed by atoms with Crippen molar-refractivity contribution in [3.8, 4) is 0 Å². The second-order valence-electron chi connectivity index (χ2n) is 6.19. The molecule has 0 aliphatic rings. The first-order valence-electron chi connectivity index (χ1n) is 8.91. The molecule has 1 amide bonds. The van der Waals surface area contributed by atoms with Gasteiger partial charge in [0.1, 0.15) is 11.4 Å². The van der Waals surface area contributed by atoms with Crippen LogP contribution in [0, 0.1) is 5.82 Å². The van der Waals surface area contributed by atoms with Gasteiger partial charge in [-0.25, -0.2) is 17.6 Å². The molecule has 0 aliphatic carbocycles. The van der Waals surface area contributed by atoms with Crippen LogP contribution in [-0.2, 0) is 10.0 Å². The zero-order valence-corrected chi connectivity index (χ0v) is 16.6. The van der Waals surface area contributed by atoms with Crippen LogP contribution in [0.1, 0.15) is 24.2 Å². The first-order chi connectivity index (χ1) is 13.8. The van der Waals surface area contributed by atoms with Crippen molar-refractivity contribution in [3.63, 3.8) is 0 Å². The Bertz CT molecular complexity index is 1230. The molecule has 0 bridgehead atoms. The van der Waals surface area contributed by atoms with Crippen LogP contribution in [0.3, 0.4) is 0 Å². The van der Waals surface area contributed by atoms with Crippen LogP contribution in [0.4, 0.5) is 10.1 Å². The van der Waals surface area contributed by atoms with Crippen molar-refractivity contribution in [3.05, 3.63) is 70.3 Å². The average Bonchev–Trinajstić information content (AvgIpc) is 2.69. The summed E-state index contributed by atoms with van der Waals surface area (Å²) in [7, 11) is -3.84. The maximum atomic E-state index is 14.3. The van der Waals surface area contributed by atoms with Crippen LogP contribution < -0.4 is 10.9 Å². The third-order valence-electron chi connectivity index (χ3n) is 4.40. The van der Waals surface area contributed by atoms with E-state index >= 15 is 0 Å². The molecule has 29 heavy (non-hydrogen) atoms. The molecule has 3 aromatic rings. The fourth-order valence-electron chi connectivity index (χ4n) is 2.90. The predicted octanol–water partition coefficient (Wildman–Crippen LogP) is 3.21. The number of benzene rings is 2. The molecule has 2 aromatic carbocycles. The van der Waals surface area contributed by atoms with Gasteiger partial charge in [0.05, 0.1) is 10.5 Å². The average molecular weight is 418 g/mol. The Morgan fingerprint density at radius 3 is 2.48 bits per heavy atom. The molecule has 0 aliphatic heterocycles. The topological polar surface area (TPSA) is 96.7 Å². The molecular formula is C20H19FN2O5S. The number of hydrogen-bond acceptors (Lipinski definition) is 5. The van der Waals surface area contributed by atoms with Gasteiger partial charge in [0, 0.05) is 30.2 Å². The Balaban J connectivity index is 1.93. The van der Waals surface area contributed by atoms with E-state index in [1.165, 1.54) is 28.6 Å². The summed E-state index contributed by atoms with van der Waals surface area (Å²) in [6.45, 7) is 3.90. The number of amides is 1. The van der Waals surface area contributed by atoms with Gasteiger partial charge >= 0.3 is 5.63 Å². The Hall–Kier alpha value is -3.04. The van der Waals surface area contributed by atoms with E-state index in [2.05, 4.69) is 5.32 Å². The van der Waals surface area contributed by atoms with E-state index in [0.29, 0.717) is 16.7 Å². The Morgan fingerprint density at radius 2 is 1.79 bits per heavy atom. The van der Waals surface area contributed by atoms with Gasteiger partial charge in [-0.05, 0) is 42.5 Å². The van der Waals surface area contributed by atoms with Gasteiger partial charge in [-0.1, -0.05) is 13.8 Å². The highest BCUT2D eigenvalue weighted by atomic mass is 32.2. The summed E-state index contributed by atoms with van der Waals surface area (Å²) in [5.41, 5.74) is -0.206. The molecule has 1 aromatic heterocycles. The fraction of sp³-hybridized carbons (Fsp3) is 0.200. The standard InChI is InChI=1S/C20H19FN2O5S/c1-3-23(4-2)29(26,27)15-7-8-17(21)16(12-15)20(25)22-14-6-9-18-13(11-14)5-10-19(24)28-18/h5-12H,3-4H2,1-2H3,(H,22,25). The number of nitrogens with zero attached hydrogens (tertiary/aromatic N) is 1. The molecule has 0 saturated heterocycles. The smallest absolute Gasteiger partial charge is 0.336 e. The molecule has 0 fully saturated rings. The quantitative estimate of drug-likeness (QED) is 0.620. The number of rotatable bonds is 6. The predicted molar refractivity (Wildman–Crippen MR) is 107 cm³/mol. The molecule has 152 valence electrons. The van der Waals surface area contributed by atoms with Crippen molar-refractivity contribution in [1.82, 2.24) is 4.31 Å². The summed E-state index contributed by atoms with van der Waals surface area (Å²) in [6, 6.07) is 10.5. The van der Waals surface area contributed by atoms with Gasteiger partial charge in [0.2, 0.25) is 10.0 Å². The van der Waals surface area contributed by atoms with Crippen molar-refractivity contribution in [2.75, 3.05) is 18.4 Å².